The third kappa shape index (κ3) is 2.82. The number of rotatable bonds is 4. The van der Waals surface area contributed by atoms with E-state index in [1.165, 1.54) is 0 Å². The van der Waals surface area contributed by atoms with E-state index in [1.807, 2.05) is 6.07 Å². The number of nitrogens with one attached hydrogen (secondary N) is 2. The standard InChI is InChI=1S/C14H20N2O3S/c17-20(18,16-10-11-4-3-9-19-11)14-7-1-6-13-12(14)5-2-8-15-13/h1,6-7,11,15-16H,2-5,8-10H2. The lowest BCUT2D eigenvalue weighted by Crippen LogP contribution is -2.32. The van der Waals surface area contributed by atoms with E-state index in [0.29, 0.717) is 11.4 Å². The Morgan fingerprint density at radius 3 is 3.05 bits per heavy atom. The summed E-state index contributed by atoms with van der Waals surface area (Å²) in [5.74, 6) is 0. The first-order valence-electron chi connectivity index (χ1n) is 7.14. The van der Waals surface area contributed by atoms with Crippen molar-refractivity contribution in [3.8, 4) is 0 Å². The van der Waals surface area contributed by atoms with Gasteiger partial charge in [-0.25, -0.2) is 13.1 Å². The second-order valence-electron chi connectivity index (χ2n) is 5.30. The van der Waals surface area contributed by atoms with E-state index in [0.717, 1.165) is 50.1 Å². The van der Waals surface area contributed by atoms with Crippen molar-refractivity contribution in [1.29, 1.82) is 0 Å². The van der Waals surface area contributed by atoms with Gasteiger partial charge in [-0.15, -0.1) is 0 Å². The van der Waals surface area contributed by atoms with Crippen molar-refractivity contribution in [2.75, 3.05) is 25.0 Å². The maximum absolute atomic E-state index is 12.5. The Kier molecular flexibility index (Phi) is 3.96. The van der Waals surface area contributed by atoms with Crippen LogP contribution in [0.2, 0.25) is 0 Å². The summed E-state index contributed by atoms with van der Waals surface area (Å²) in [4.78, 5) is 0.403. The second kappa shape index (κ2) is 5.71. The summed E-state index contributed by atoms with van der Waals surface area (Å²) in [6, 6.07) is 5.41. The largest absolute Gasteiger partial charge is 0.385 e. The molecule has 3 rings (SSSR count). The van der Waals surface area contributed by atoms with Gasteiger partial charge in [0.2, 0.25) is 10.0 Å². The molecule has 0 saturated carbocycles. The van der Waals surface area contributed by atoms with Crippen LogP contribution in [0, 0.1) is 0 Å². The summed E-state index contributed by atoms with van der Waals surface area (Å²) < 4.78 is 33.1. The van der Waals surface area contributed by atoms with E-state index in [-0.39, 0.29) is 6.10 Å². The maximum Gasteiger partial charge on any atom is 0.241 e. The van der Waals surface area contributed by atoms with Crippen molar-refractivity contribution in [3.05, 3.63) is 23.8 Å². The van der Waals surface area contributed by atoms with E-state index in [4.69, 9.17) is 4.74 Å². The van der Waals surface area contributed by atoms with Gasteiger partial charge in [0.05, 0.1) is 11.0 Å². The number of benzene rings is 1. The quantitative estimate of drug-likeness (QED) is 0.883. The molecule has 1 unspecified atom stereocenters. The van der Waals surface area contributed by atoms with Crippen LogP contribution in [-0.4, -0.2) is 34.2 Å². The van der Waals surface area contributed by atoms with E-state index in [1.54, 1.807) is 12.1 Å². The third-order valence-corrected chi connectivity index (χ3v) is 5.37. The number of fused-ring (bicyclic) bond motifs is 1. The summed E-state index contributed by atoms with van der Waals surface area (Å²) in [5.41, 5.74) is 1.84. The number of ether oxygens (including phenoxy) is 1. The Labute approximate surface area is 119 Å². The van der Waals surface area contributed by atoms with Crippen LogP contribution < -0.4 is 10.0 Å². The molecule has 0 amide bonds. The van der Waals surface area contributed by atoms with Gasteiger partial charge in [-0.3, -0.25) is 0 Å². The molecule has 0 radical (unpaired) electrons. The maximum atomic E-state index is 12.5. The van der Waals surface area contributed by atoms with Crippen molar-refractivity contribution < 1.29 is 13.2 Å². The monoisotopic (exact) mass is 296 g/mol. The van der Waals surface area contributed by atoms with E-state index in [2.05, 4.69) is 10.0 Å². The van der Waals surface area contributed by atoms with Crippen LogP contribution in [0.1, 0.15) is 24.8 Å². The van der Waals surface area contributed by atoms with Crippen LogP contribution in [0.5, 0.6) is 0 Å². The molecule has 2 heterocycles. The van der Waals surface area contributed by atoms with Crippen molar-refractivity contribution in [2.45, 2.75) is 36.7 Å². The first kappa shape index (κ1) is 13.9. The predicted molar refractivity (Wildman–Crippen MR) is 77.4 cm³/mol. The minimum atomic E-state index is -3.46. The van der Waals surface area contributed by atoms with E-state index < -0.39 is 10.0 Å². The minimum Gasteiger partial charge on any atom is -0.385 e. The van der Waals surface area contributed by atoms with Gasteiger partial charge in [0.15, 0.2) is 0 Å². The molecule has 0 aliphatic carbocycles. The molecule has 6 heteroatoms. The Morgan fingerprint density at radius 2 is 2.25 bits per heavy atom. The average molecular weight is 296 g/mol. The fourth-order valence-electron chi connectivity index (χ4n) is 2.81. The highest BCUT2D eigenvalue weighted by Crippen LogP contribution is 2.28. The van der Waals surface area contributed by atoms with Crippen LogP contribution in [0.3, 0.4) is 0 Å². The zero-order chi connectivity index (χ0) is 14.0. The Bertz CT molecular complexity index is 580. The van der Waals surface area contributed by atoms with Crippen LogP contribution in [0.25, 0.3) is 0 Å². The van der Waals surface area contributed by atoms with E-state index in [9.17, 15) is 8.42 Å². The average Bonchev–Trinajstić information content (AvgIpc) is 2.98. The van der Waals surface area contributed by atoms with Crippen molar-refractivity contribution in [1.82, 2.24) is 4.72 Å². The molecule has 1 fully saturated rings. The third-order valence-electron chi connectivity index (χ3n) is 3.87. The lowest BCUT2D eigenvalue weighted by Gasteiger charge is -2.21. The molecular formula is C14H20N2O3S. The highest BCUT2D eigenvalue weighted by atomic mass is 32.2. The van der Waals surface area contributed by atoms with Gasteiger partial charge in [-0.2, -0.15) is 0 Å². The molecule has 1 aromatic rings. The Balaban J connectivity index is 1.80. The summed E-state index contributed by atoms with van der Waals surface area (Å²) in [6.07, 6.45) is 3.72. The minimum absolute atomic E-state index is 0.0161. The number of hydrogen-bond acceptors (Lipinski definition) is 4. The van der Waals surface area contributed by atoms with Gasteiger partial charge in [-0.05, 0) is 43.4 Å². The smallest absolute Gasteiger partial charge is 0.241 e. The summed E-state index contributed by atoms with van der Waals surface area (Å²) >= 11 is 0. The van der Waals surface area contributed by atoms with Crippen molar-refractivity contribution in [2.24, 2.45) is 0 Å². The fourth-order valence-corrected chi connectivity index (χ4v) is 4.17. The fraction of sp³-hybridized carbons (Fsp3) is 0.571. The highest BCUT2D eigenvalue weighted by molar-refractivity contribution is 7.89. The molecule has 20 heavy (non-hydrogen) atoms. The van der Waals surface area contributed by atoms with Gasteiger partial charge >= 0.3 is 0 Å². The molecule has 2 aliphatic rings. The highest BCUT2D eigenvalue weighted by Gasteiger charge is 2.24. The Morgan fingerprint density at radius 1 is 1.35 bits per heavy atom. The number of anilines is 1. The molecule has 5 nitrogen and oxygen atoms in total. The van der Waals surface area contributed by atoms with Gasteiger partial charge in [-0.1, -0.05) is 6.07 Å². The molecular weight excluding hydrogens is 276 g/mol. The van der Waals surface area contributed by atoms with Gasteiger partial charge < -0.3 is 10.1 Å². The predicted octanol–water partition coefficient (Wildman–Crippen LogP) is 1.50. The van der Waals surface area contributed by atoms with E-state index >= 15 is 0 Å². The molecule has 0 spiro atoms. The topological polar surface area (TPSA) is 67.4 Å². The molecule has 1 saturated heterocycles. The van der Waals surface area contributed by atoms with Crippen LogP contribution >= 0.6 is 0 Å². The Hall–Kier alpha value is -1.11. The molecule has 0 bridgehead atoms. The molecule has 2 N–H and O–H groups in total. The summed E-state index contributed by atoms with van der Waals surface area (Å²) in [5, 5.41) is 3.26. The molecule has 2 aliphatic heterocycles. The van der Waals surface area contributed by atoms with Crippen LogP contribution in [0.15, 0.2) is 23.1 Å². The first-order valence-corrected chi connectivity index (χ1v) is 8.62. The van der Waals surface area contributed by atoms with Crippen molar-refractivity contribution in [3.63, 3.8) is 0 Å². The van der Waals surface area contributed by atoms with Crippen molar-refractivity contribution >= 4 is 15.7 Å². The lowest BCUT2D eigenvalue weighted by molar-refractivity contribution is 0.114. The first-order chi connectivity index (χ1) is 9.67. The normalized spacial score (nSPS) is 22.3. The zero-order valence-electron chi connectivity index (χ0n) is 11.4. The van der Waals surface area contributed by atoms with Gasteiger partial charge in [0.1, 0.15) is 0 Å². The SMILES string of the molecule is O=S(=O)(NCC1CCCO1)c1cccc2c1CCCN2. The molecule has 1 aromatic carbocycles. The van der Waals surface area contributed by atoms with Gasteiger partial charge in [0.25, 0.3) is 0 Å². The van der Waals surface area contributed by atoms with Crippen LogP contribution in [0.4, 0.5) is 5.69 Å². The van der Waals surface area contributed by atoms with Crippen LogP contribution in [-0.2, 0) is 21.2 Å². The summed E-state index contributed by atoms with van der Waals surface area (Å²) in [7, 11) is -3.46. The second-order valence-corrected chi connectivity index (χ2v) is 7.03. The molecule has 110 valence electrons. The zero-order valence-corrected chi connectivity index (χ0v) is 12.2. The number of hydrogen-bond donors (Lipinski definition) is 2. The lowest BCUT2D eigenvalue weighted by atomic mass is 10.0. The summed E-state index contributed by atoms with van der Waals surface area (Å²) in [6.45, 7) is 2.00. The van der Waals surface area contributed by atoms with Gasteiger partial charge in [0, 0.05) is 25.4 Å². The number of sulfonamides is 1. The molecule has 0 aromatic heterocycles. The molecule has 1 atom stereocenters.